The van der Waals surface area contributed by atoms with Crippen LogP contribution in [0.4, 0.5) is 4.79 Å². The van der Waals surface area contributed by atoms with E-state index in [1.165, 1.54) is 75.5 Å². The molecule has 0 N–H and O–H groups in total. The predicted molar refractivity (Wildman–Crippen MR) is 130 cm³/mol. The van der Waals surface area contributed by atoms with E-state index < -0.39 is 12.1 Å². The maximum atomic E-state index is 12.5. The van der Waals surface area contributed by atoms with Crippen LogP contribution in [0.1, 0.15) is 111 Å². The quantitative estimate of drug-likeness (QED) is 0.108. The molecule has 0 rings (SSSR count). The van der Waals surface area contributed by atoms with Gasteiger partial charge in [-0.15, -0.1) is 11.6 Å². The van der Waals surface area contributed by atoms with E-state index >= 15 is 0 Å². The molecule has 0 saturated heterocycles. The summed E-state index contributed by atoms with van der Waals surface area (Å²) in [6.45, 7) is 6.73. The summed E-state index contributed by atoms with van der Waals surface area (Å²) < 4.78 is 10.6. The molecule has 0 aliphatic heterocycles. The number of ether oxygens (including phenoxy) is 2. The van der Waals surface area contributed by atoms with Gasteiger partial charge < -0.3 is 9.47 Å². The molecule has 6 heteroatoms. The standard InChI is InChI=1S/C25H48ClNO4/c1-5-6-7-8-9-10-11-12-13-14-15-16-17-20-30-24(28)23(22(2)3)27(4)25(29)31-21-18-19-26/h22-23H,5-21H2,1-4H3. The van der Waals surface area contributed by atoms with Crippen LogP contribution < -0.4 is 0 Å². The van der Waals surface area contributed by atoms with Gasteiger partial charge in [0, 0.05) is 12.9 Å². The van der Waals surface area contributed by atoms with Crippen molar-refractivity contribution in [2.45, 2.75) is 117 Å². The minimum Gasteiger partial charge on any atom is -0.464 e. The summed E-state index contributed by atoms with van der Waals surface area (Å²) in [5.41, 5.74) is 0. The van der Waals surface area contributed by atoms with Crippen molar-refractivity contribution < 1.29 is 19.1 Å². The molecule has 0 aromatic heterocycles. The number of hydrogen-bond donors (Lipinski definition) is 0. The van der Waals surface area contributed by atoms with Crippen molar-refractivity contribution in [3.8, 4) is 0 Å². The first-order valence-corrected chi connectivity index (χ1v) is 13.1. The molecule has 0 radical (unpaired) electrons. The summed E-state index contributed by atoms with van der Waals surface area (Å²) in [6.07, 6.45) is 16.8. The monoisotopic (exact) mass is 461 g/mol. The van der Waals surface area contributed by atoms with Gasteiger partial charge in [-0.2, -0.15) is 0 Å². The molecular formula is C25H48ClNO4. The highest BCUT2D eigenvalue weighted by Crippen LogP contribution is 2.15. The highest BCUT2D eigenvalue weighted by Gasteiger charge is 2.32. The Morgan fingerprint density at radius 1 is 0.742 bits per heavy atom. The van der Waals surface area contributed by atoms with E-state index in [0.717, 1.165) is 12.8 Å². The highest BCUT2D eigenvalue weighted by atomic mass is 35.5. The van der Waals surface area contributed by atoms with Crippen LogP contribution in [0.3, 0.4) is 0 Å². The minimum atomic E-state index is -0.634. The second-order valence-corrected chi connectivity index (χ2v) is 9.24. The van der Waals surface area contributed by atoms with Crippen LogP contribution in [0.5, 0.6) is 0 Å². The Morgan fingerprint density at radius 2 is 1.19 bits per heavy atom. The summed E-state index contributed by atoms with van der Waals surface area (Å²) in [5, 5.41) is 0. The molecule has 184 valence electrons. The molecule has 0 aliphatic rings. The molecule has 5 nitrogen and oxygen atoms in total. The lowest BCUT2D eigenvalue weighted by Gasteiger charge is -2.28. The van der Waals surface area contributed by atoms with Gasteiger partial charge >= 0.3 is 12.1 Å². The topological polar surface area (TPSA) is 55.8 Å². The number of rotatable bonds is 20. The molecule has 1 unspecified atom stereocenters. The number of likely N-dealkylation sites (N-methyl/N-ethyl adjacent to an activating group) is 1. The number of halogens is 1. The average Bonchev–Trinajstić information content (AvgIpc) is 2.73. The SMILES string of the molecule is CCCCCCCCCCCCCCCOC(=O)C(C(C)C)N(C)C(=O)OCCCCl. The van der Waals surface area contributed by atoms with E-state index in [9.17, 15) is 9.59 Å². The lowest BCUT2D eigenvalue weighted by Crippen LogP contribution is -2.47. The second kappa shape index (κ2) is 20.9. The third kappa shape index (κ3) is 16.3. The fraction of sp³-hybridized carbons (Fsp3) is 0.920. The molecule has 1 atom stereocenters. The molecular weight excluding hydrogens is 414 g/mol. The van der Waals surface area contributed by atoms with Crippen molar-refractivity contribution in [2.75, 3.05) is 26.1 Å². The van der Waals surface area contributed by atoms with Crippen LogP contribution in [0.25, 0.3) is 0 Å². The van der Waals surface area contributed by atoms with Gasteiger partial charge in [-0.3, -0.25) is 4.90 Å². The number of esters is 1. The summed E-state index contributed by atoms with van der Waals surface area (Å²) >= 11 is 5.60. The summed E-state index contributed by atoms with van der Waals surface area (Å²) in [7, 11) is 1.58. The van der Waals surface area contributed by atoms with Gasteiger partial charge in [-0.1, -0.05) is 97.8 Å². The number of carbonyl (C=O) groups excluding carboxylic acids is 2. The van der Waals surface area contributed by atoms with Crippen LogP contribution in [-0.4, -0.2) is 49.1 Å². The first kappa shape index (κ1) is 30.0. The van der Waals surface area contributed by atoms with Crippen LogP contribution in [0.2, 0.25) is 0 Å². The Kier molecular flexibility index (Phi) is 20.3. The molecule has 0 saturated carbocycles. The Bertz CT molecular complexity index is 445. The fourth-order valence-corrected chi connectivity index (χ4v) is 3.79. The van der Waals surface area contributed by atoms with Crippen molar-refractivity contribution in [1.29, 1.82) is 0 Å². The average molecular weight is 462 g/mol. The maximum Gasteiger partial charge on any atom is 0.410 e. The van der Waals surface area contributed by atoms with E-state index in [-0.39, 0.29) is 18.5 Å². The van der Waals surface area contributed by atoms with Gasteiger partial charge in [0.1, 0.15) is 6.04 Å². The molecule has 1 amide bonds. The van der Waals surface area contributed by atoms with Gasteiger partial charge in [0.25, 0.3) is 0 Å². The zero-order chi connectivity index (χ0) is 23.3. The fourth-order valence-electron chi connectivity index (χ4n) is 3.68. The number of nitrogens with zero attached hydrogens (tertiary/aromatic N) is 1. The molecule has 31 heavy (non-hydrogen) atoms. The smallest absolute Gasteiger partial charge is 0.410 e. The van der Waals surface area contributed by atoms with E-state index in [1.807, 2.05) is 13.8 Å². The van der Waals surface area contributed by atoms with Gasteiger partial charge in [-0.25, -0.2) is 9.59 Å². The van der Waals surface area contributed by atoms with E-state index in [0.29, 0.717) is 18.9 Å². The van der Waals surface area contributed by atoms with Crippen molar-refractivity contribution in [1.82, 2.24) is 4.90 Å². The highest BCUT2D eigenvalue weighted by molar-refractivity contribution is 6.17. The van der Waals surface area contributed by atoms with Crippen LogP contribution in [0, 0.1) is 5.92 Å². The lowest BCUT2D eigenvalue weighted by atomic mass is 10.0. The second-order valence-electron chi connectivity index (χ2n) is 8.87. The minimum absolute atomic E-state index is 0.0512. The number of alkyl halides is 1. The van der Waals surface area contributed by atoms with Crippen LogP contribution in [0.15, 0.2) is 0 Å². The largest absolute Gasteiger partial charge is 0.464 e. The Hall–Kier alpha value is -0.970. The molecule has 0 aliphatic carbocycles. The van der Waals surface area contributed by atoms with E-state index in [4.69, 9.17) is 21.1 Å². The Morgan fingerprint density at radius 3 is 1.65 bits per heavy atom. The van der Waals surface area contributed by atoms with Gasteiger partial charge in [0.15, 0.2) is 0 Å². The number of amides is 1. The third-order valence-corrected chi connectivity index (χ3v) is 5.84. The maximum absolute atomic E-state index is 12.5. The Balaban J connectivity index is 3.82. The summed E-state index contributed by atoms with van der Waals surface area (Å²) in [4.78, 5) is 25.9. The van der Waals surface area contributed by atoms with E-state index in [1.54, 1.807) is 7.05 Å². The van der Waals surface area contributed by atoms with Crippen molar-refractivity contribution in [3.05, 3.63) is 0 Å². The predicted octanol–water partition coefficient (Wildman–Crippen LogP) is 7.34. The first-order chi connectivity index (χ1) is 15.0. The first-order valence-electron chi connectivity index (χ1n) is 12.6. The third-order valence-electron chi connectivity index (χ3n) is 5.57. The van der Waals surface area contributed by atoms with Gasteiger partial charge in [0.05, 0.1) is 13.2 Å². The normalized spacial score (nSPS) is 12.1. The molecule has 0 bridgehead atoms. The molecule has 0 heterocycles. The zero-order valence-electron chi connectivity index (χ0n) is 20.6. The molecule has 0 fully saturated rings. The lowest BCUT2D eigenvalue weighted by molar-refractivity contribution is -0.150. The van der Waals surface area contributed by atoms with Crippen molar-refractivity contribution in [3.63, 3.8) is 0 Å². The molecule has 0 aromatic rings. The van der Waals surface area contributed by atoms with Crippen molar-refractivity contribution in [2.24, 2.45) is 5.92 Å². The van der Waals surface area contributed by atoms with Gasteiger partial charge in [0.2, 0.25) is 0 Å². The summed E-state index contributed by atoms with van der Waals surface area (Å²) in [6, 6.07) is -0.634. The molecule has 0 spiro atoms. The zero-order valence-corrected chi connectivity index (χ0v) is 21.4. The van der Waals surface area contributed by atoms with Gasteiger partial charge in [-0.05, 0) is 18.8 Å². The van der Waals surface area contributed by atoms with Crippen molar-refractivity contribution >= 4 is 23.7 Å². The van der Waals surface area contributed by atoms with E-state index in [2.05, 4.69) is 6.92 Å². The Labute approximate surface area is 196 Å². The van der Waals surface area contributed by atoms with Crippen LogP contribution in [-0.2, 0) is 14.3 Å². The molecule has 0 aromatic carbocycles. The number of hydrogen-bond acceptors (Lipinski definition) is 4. The number of unbranched alkanes of at least 4 members (excludes halogenated alkanes) is 12. The van der Waals surface area contributed by atoms with Crippen LogP contribution >= 0.6 is 11.6 Å². The summed E-state index contributed by atoms with van der Waals surface area (Å²) in [5.74, 6) is 0.0293. The number of carbonyl (C=O) groups is 2.